The Bertz CT molecular complexity index is 612. The lowest BCUT2D eigenvalue weighted by Crippen LogP contribution is -2.31. The van der Waals surface area contributed by atoms with Gasteiger partial charge in [-0.1, -0.05) is 6.58 Å². The molecular weight excluding hydrogens is 276 g/mol. The second-order valence-electron chi connectivity index (χ2n) is 5.93. The summed E-state index contributed by atoms with van der Waals surface area (Å²) >= 11 is 0. The number of aromatic nitrogens is 2. The predicted molar refractivity (Wildman–Crippen MR) is 89.5 cm³/mol. The molecule has 22 heavy (non-hydrogen) atoms. The highest BCUT2D eigenvalue weighted by Crippen LogP contribution is 2.14. The number of hydrogen-bond acceptors (Lipinski definition) is 4. The zero-order chi connectivity index (χ0) is 16.1. The Hall–Kier alpha value is -1.85. The van der Waals surface area contributed by atoms with Crippen LogP contribution in [-0.2, 0) is 13.1 Å². The van der Waals surface area contributed by atoms with Gasteiger partial charge < -0.3 is 9.32 Å². The molecule has 2 heterocycles. The van der Waals surface area contributed by atoms with E-state index in [1.807, 2.05) is 26.1 Å². The maximum absolute atomic E-state index is 5.72. The van der Waals surface area contributed by atoms with E-state index in [4.69, 9.17) is 4.42 Å². The molecule has 0 radical (unpaired) electrons. The molecule has 0 bridgehead atoms. The first-order valence-corrected chi connectivity index (χ1v) is 7.57. The molecule has 0 aliphatic heterocycles. The molecule has 0 fully saturated rings. The third-order valence-corrected chi connectivity index (χ3v) is 3.64. The van der Waals surface area contributed by atoms with E-state index >= 15 is 0 Å². The van der Waals surface area contributed by atoms with E-state index in [-0.39, 0.29) is 0 Å². The molecule has 120 valence electrons. The van der Waals surface area contributed by atoms with Crippen molar-refractivity contribution in [2.24, 2.45) is 0 Å². The van der Waals surface area contributed by atoms with Crippen LogP contribution in [0.4, 0.5) is 0 Å². The average molecular weight is 302 g/mol. The van der Waals surface area contributed by atoms with Crippen molar-refractivity contribution in [2.45, 2.75) is 26.9 Å². The van der Waals surface area contributed by atoms with Crippen LogP contribution in [0.1, 0.15) is 22.8 Å². The summed E-state index contributed by atoms with van der Waals surface area (Å²) in [6, 6.07) is 4.07. The average Bonchev–Trinajstić information content (AvgIpc) is 3.02. The quantitative estimate of drug-likeness (QED) is 0.751. The molecule has 0 saturated heterocycles. The number of aryl methyl sites for hydroxylation is 2. The van der Waals surface area contributed by atoms with E-state index in [1.54, 1.807) is 10.9 Å². The van der Waals surface area contributed by atoms with E-state index in [9.17, 15) is 0 Å². The summed E-state index contributed by atoms with van der Waals surface area (Å²) in [4.78, 5) is 4.58. The fourth-order valence-electron chi connectivity index (χ4n) is 2.35. The van der Waals surface area contributed by atoms with Crippen molar-refractivity contribution in [3.8, 4) is 0 Å². The summed E-state index contributed by atoms with van der Waals surface area (Å²) in [5.74, 6) is 1.96. The van der Waals surface area contributed by atoms with Gasteiger partial charge in [0.1, 0.15) is 11.5 Å². The first-order valence-electron chi connectivity index (χ1n) is 7.57. The highest BCUT2D eigenvalue weighted by Gasteiger charge is 2.13. The van der Waals surface area contributed by atoms with Crippen molar-refractivity contribution in [1.29, 1.82) is 0 Å². The standard InChI is InChI=1S/C17H26N4O/c1-6-21-12-16(15(3)18-21)11-20(10-9-19(4)5)13-17-8-7-14(2)22-17/h6-8,12H,1,9-11,13H2,2-5H3. The van der Waals surface area contributed by atoms with Crippen LogP contribution in [0, 0.1) is 13.8 Å². The van der Waals surface area contributed by atoms with Gasteiger partial charge >= 0.3 is 0 Å². The van der Waals surface area contributed by atoms with E-state index in [0.717, 1.165) is 43.4 Å². The minimum atomic E-state index is 0.806. The van der Waals surface area contributed by atoms with Gasteiger partial charge in [0.2, 0.25) is 0 Å². The Morgan fingerprint density at radius 1 is 1.23 bits per heavy atom. The van der Waals surface area contributed by atoms with Crippen LogP contribution in [0.25, 0.3) is 6.20 Å². The van der Waals surface area contributed by atoms with Gasteiger partial charge in [-0.25, -0.2) is 4.68 Å². The number of nitrogens with zero attached hydrogens (tertiary/aromatic N) is 4. The van der Waals surface area contributed by atoms with Crippen LogP contribution in [-0.4, -0.2) is 46.8 Å². The predicted octanol–water partition coefficient (Wildman–Crippen LogP) is 2.76. The van der Waals surface area contributed by atoms with Gasteiger partial charge in [-0.05, 0) is 40.1 Å². The molecule has 0 N–H and O–H groups in total. The molecule has 5 nitrogen and oxygen atoms in total. The maximum atomic E-state index is 5.72. The number of likely N-dealkylation sites (N-methyl/N-ethyl adjacent to an activating group) is 1. The van der Waals surface area contributed by atoms with Gasteiger partial charge in [-0.15, -0.1) is 0 Å². The van der Waals surface area contributed by atoms with Gasteiger partial charge in [0.25, 0.3) is 0 Å². The Morgan fingerprint density at radius 3 is 2.55 bits per heavy atom. The summed E-state index contributed by atoms with van der Waals surface area (Å²) in [7, 11) is 4.19. The lowest BCUT2D eigenvalue weighted by atomic mass is 10.2. The summed E-state index contributed by atoms with van der Waals surface area (Å²) < 4.78 is 7.49. The van der Waals surface area contributed by atoms with Crippen molar-refractivity contribution in [3.05, 3.63) is 47.7 Å². The van der Waals surface area contributed by atoms with Crippen molar-refractivity contribution in [1.82, 2.24) is 19.6 Å². The second kappa shape index (κ2) is 7.42. The van der Waals surface area contributed by atoms with Gasteiger partial charge in [0.15, 0.2) is 0 Å². The van der Waals surface area contributed by atoms with Crippen molar-refractivity contribution < 1.29 is 4.42 Å². The van der Waals surface area contributed by atoms with Gasteiger partial charge in [0.05, 0.1) is 12.2 Å². The van der Waals surface area contributed by atoms with Crippen molar-refractivity contribution in [2.75, 3.05) is 27.2 Å². The molecule has 0 amide bonds. The summed E-state index contributed by atoms with van der Waals surface area (Å²) in [6.07, 6.45) is 3.76. The molecular formula is C17H26N4O. The van der Waals surface area contributed by atoms with Crippen LogP contribution >= 0.6 is 0 Å². The third-order valence-electron chi connectivity index (χ3n) is 3.64. The molecule has 2 aromatic rings. The fourth-order valence-corrected chi connectivity index (χ4v) is 2.35. The van der Waals surface area contributed by atoms with Crippen LogP contribution < -0.4 is 0 Å². The number of hydrogen-bond donors (Lipinski definition) is 0. The lowest BCUT2D eigenvalue weighted by Gasteiger charge is -2.23. The van der Waals surface area contributed by atoms with E-state index in [1.165, 1.54) is 5.56 Å². The Kier molecular flexibility index (Phi) is 5.57. The Balaban J connectivity index is 2.08. The van der Waals surface area contributed by atoms with Gasteiger partial charge in [-0.2, -0.15) is 5.10 Å². The van der Waals surface area contributed by atoms with Crippen LogP contribution in [0.15, 0.2) is 29.3 Å². The molecule has 0 atom stereocenters. The summed E-state index contributed by atoms with van der Waals surface area (Å²) in [5.41, 5.74) is 2.27. The molecule has 0 aliphatic carbocycles. The summed E-state index contributed by atoms with van der Waals surface area (Å²) in [6.45, 7) is 11.4. The molecule has 0 spiro atoms. The fraction of sp³-hybridized carbons (Fsp3) is 0.471. The highest BCUT2D eigenvalue weighted by molar-refractivity contribution is 5.23. The van der Waals surface area contributed by atoms with Crippen LogP contribution in [0.3, 0.4) is 0 Å². The largest absolute Gasteiger partial charge is 0.465 e. The minimum Gasteiger partial charge on any atom is -0.465 e. The monoisotopic (exact) mass is 302 g/mol. The van der Waals surface area contributed by atoms with Crippen LogP contribution in [0.2, 0.25) is 0 Å². The van der Waals surface area contributed by atoms with E-state index in [2.05, 4.69) is 41.6 Å². The summed E-state index contributed by atoms with van der Waals surface area (Å²) in [5, 5.41) is 4.43. The maximum Gasteiger partial charge on any atom is 0.118 e. The Labute approximate surface area is 132 Å². The molecule has 2 rings (SSSR count). The molecule has 0 saturated carbocycles. The van der Waals surface area contributed by atoms with Crippen molar-refractivity contribution >= 4 is 6.20 Å². The second-order valence-corrected chi connectivity index (χ2v) is 5.93. The van der Waals surface area contributed by atoms with Crippen LogP contribution in [0.5, 0.6) is 0 Å². The SMILES string of the molecule is C=Cn1cc(CN(CCN(C)C)Cc2ccc(C)o2)c(C)n1. The van der Waals surface area contributed by atoms with Crippen molar-refractivity contribution in [3.63, 3.8) is 0 Å². The topological polar surface area (TPSA) is 37.4 Å². The number of furan rings is 1. The first-order chi connectivity index (χ1) is 10.5. The third kappa shape index (κ3) is 4.58. The van der Waals surface area contributed by atoms with Gasteiger partial charge in [-0.3, -0.25) is 4.90 Å². The normalized spacial score (nSPS) is 11.5. The lowest BCUT2D eigenvalue weighted by molar-refractivity contribution is 0.209. The Morgan fingerprint density at radius 2 is 2.00 bits per heavy atom. The minimum absolute atomic E-state index is 0.806. The smallest absolute Gasteiger partial charge is 0.118 e. The number of rotatable bonds is 8. The van der Waals surface area contributed by atoms with E-state index < -0.39 is 0 Å². The molecule has 5 heteroatoms. The molecule has 0 aliphatic rings. The zero-order valence-corrected chi connectivity index (χ0v) is 14.0. The molecule has 2 aromatic heterocycles. The van der Waals surface area contributed by atoms with E-state index in [0.29, 0.717) is 0 Å². The molecule has 0 aromatic carbocycles. The first kappa shape index (κ1) is 16.5. The molecule has 0 unspecified atom stereocenters. The highest BCUT2D eigenvalue weighted by atomic mass is 16.3. The zero-order valence-electron chi connectivity index (χ0n) is 14.0. The van der Waals surface area contributed by atoms with Gasteiger partial charge in [0, 0.05) is 37.6 Å².